The average Bonchev–Trinajstić information content (AvgIpc) is 3.00. The number of hydrazone groups is 1. The number of ether oxygens (including phenoxy) is 1. The zero-order valence-electron chi connectivity index (χ0n) is 16.1. The molecule has 0 aliphatic heterocycles. The largest absolute Gasteiger partial charge is 0.462 e. The molecule has 0 spiro atoms. The number of halogens is 2. The van der Waals surface area contributed by atoms with Gasteiger partial charge < -0.3 is 4.74 Å². The molecular weight excluding hydrogens is 433 g/mol. The molecule has 0 fully saturated rings. The second kappa shape index (κ2) is 9.61. The minimum Gasteiger partial charge on any atom is -0.462 e. The van der Waals surface area contributed by atoms with E-state index in [1.54, 1.807) is 25.1 Å². The van der Waals surface area contributed by atoms with E-state index in [1.165, 1.54) is 17.6 Å². The van der Waals surface area contributed by atoms with E-state index in [0.29, 0.717) is 32.1 Å². The molecule has 1 aromatic carbocycles. The zero-order chi connectivity index (χ0) is 21.0. The fourth-order valence-electron chi connectivity index (χ4n) is 3.16. The first-order valence-electron chi connectivity index (χ1n) is 9.25. The smallest absolute Gasteiger partial charge is 0.341 e. The van der Waals surface area contributed by atoms with Crippen molar-refractivity contribution in [2.75, 3.05) is 11.9 Å². The van der Waals surface area contributed by atoms with Gasteiger partial charge in [0.15, 0.2) is 0 Å². The number of urea groups is 1. The predicted octanol–water partition coefficient (Wildman–Crippen LogP) is 5.51. The van der Waals surface area contributed by atoms with Gasteiger partial charge in [-0.3, -0.25) is 5.32 Å². The number of esters is 1. The molecule has 0 saturated heterocycles. The van der Waals surface area contributed by atoms with E-state index in [0.717, 1.165) is 29.7 Å². The van der Waals surface area contributed by atoms with E-state index >= 15 is 0 Å². The molecule has 29 heavy (non-hydrogen) atoms. The standard InChI is InChI=1S/C20H21Cl2N3O3S/c1-3-28-19(26)17-14-7-4-11(2)8-16(14)29-18(17)24-20(27)25-23-10-12-5-6-13(21)9-15(12)22/h5-6,9-11H,3-4,7-8H2,1-2H3,(H2,24,25,27)/b23-10+/t11-/m1/s1. The quantitative estimate of drug-likeness (QED) is 0.355. The van der Waals surface area contributed by atoms with E-state index in [2.05, 4.69) is 22.8 Å². The molecule has 2 aromatic rings. The number of rotatable bonds is 5. The van der Waals surface area contributed by atoms with Crippen molar-refractivity contribution in [3.8, 4) is 0 Å². The fraction of sp³-hybridized carbons (Fsp3) is 0.350. The van der Waals surface area contributed by atoms with E-state index in [1.807, 2.05) is 0 Å². The molecule has 0 radical (unpaired) electrons. The van der Waals surface area contributed by atoms with Crippen LogP contribution in [0.2, 0.25) is 10.0 Å². The van der Waals surface area contributed by atoms with Gasteiger partial charge in [-0.15, -0.1) is 11.3 Å². The van der Waals surface area contributed by atoms with Crippen LogP contribution in [-0.4, -0.2) is 24.8 Å². The molecule has 154 valence electrons. The molecule has 1 aromatic heterocycles. The highest BCUT2D eigenvalue weighted by atomic mass is 35.5. The molecule has 3 rings (SSSR count). The van der Waals surface area contributed by atoms with Gasteiger partial charge >= 0.3 is 12.0 Å². The Labute approximate surface area is 183 Å². The molecule has 9 heteroatoms. The van der Waals surface area contributed by atoms with E-state index in [4.69, 9.17) is 27.9 Å². The van der Waals surface area contributed by atoms with Crippen molar-refractivity contribution in [2.24, 2.45) is 11.0 Å². The van der Waals surface area contributed by atoms with Crippen LogP contribution in [0.1, 0.15) is 46.6 Å². The molecule has 0 bridgehead atoms. The number of nitrogens with zero attached hydrogens (tertiary/aromatic N) is 1. The first-order chi connectivity index (χ1) is 13.9. The highest BCUT2D eigenvalue weighted by molar-refractivity contribution is 7.17. The van der Waals surface area contributed by atoms with Crippen molar-refractivity contribution in [3.63, 3.8) is 0 Å². The Hall–Kier alpha value is -2.09. The number of hydrogen-bond acceptors (Lipinski definition) is 5. The lowest BCUT2D eigenvalue weighted by molar-refractivity contribution is 0.0526. The average molecular weight is 454 g/mol. The lowest BCUT2D eigenvalue weighted by Gasteiger charge is -2.18. The minimum absolute atomic E-state index is 0.275. The highest BCUT2D eigenvalue weighted by Crippen LogP contribution is 2.40. The third kappa shape index (κ3) is 5.29. The summed E-state index contributed by atoms with van der Waals surface area (Å²) in [7, 11) is 0. The van der Waals surface area contributed by atoms with Gasteiger partial charge in [0, 0.05) is 15.5 Å². The Balaban J connectivity index is 1.74. The SMILES string of the molecule is CCOC(=O)c1c(NC(=O)N/N=C/c2ccc(Cl)cc2Cl)sc2c1CC[C@@H](C)C2. The van der Waals surface area contributed by atoms with Crippen LogP contribution in [0.25, 0.3) is 0 Å². The second-order valence-corrected chi connectivity index (χ2v) is 8.72. The maximum absolute atomic E-state index is 12.5. The summed E-state index contributed by atoms with van der Waals surface area (Å²) in [6.45, 7) is 4.22. The molecule has 0 unspecified atom stereocenters. The Bertz CT molecular complexity index is 959. The number of nitrogens with one attached hydrogen (secondary N) is 2. The van der Waals surface area contributed by atoms with Crippen molar-refractivity contribution < 1.29 is 14.3 Å². The van der Waals surface area contributed by atoms with Crippen LogP contribution in [0.15, 0.2) is 23.3 Å². The molecule has 1 aliphatic rings. The van der Waals surface area contributed by atoms with Gasteiger partial charge in [-0.05, 0) is 49.8 Å². The van der Waals surface area contributed by atoms with Crippen molar-refractivity contribution in [3.05, 3.63) is 49.8 Å². The normalized spacial score (nSPS) is 15.8. The Kier molecular flexibility index (Phi) is 7.16. The topological polar surface area (TPSA) is 79.8 Å². The molecule has 2 N–H and O–H groups in total. The number of carbonyl (C=O) groups excluding carboxylic acids is 2. The lowest BCUT2D eigenvalue weighted by atomic mass is 9.88. The maximum Gasteiger partial charge on any atom is 0.341 e. The number of fused-ring (bicyclic) bond motifs is 1. The molecule has 2 amide bonds. The van der Waals surface area contributed by atoms with Crippen LogP contribution in [0.4, 0.5) is 9.80 Å². The van der Waals surface area contributed by atoms with Gasteiger partial charge in [0.05, 0.1) is 23.4 Å². The second-order valence-electron chi connectivity index (χ2n) is 6.77. The summed E-state index contributed by atoms with van der Waals surface area (Å²) in [6.07, 6.45) is 4.13. The van der Waals surface area contributed by atoms with Gasteiger partial charge in [-0.25, -0.2) is 15.0 Å². The van der Waals surface area contributed by atoms with Crippen molar-refractivity contribution >= 4 is 57.8 Å². The number of anilines is 1. The Morgan fingerprint density at radius 3 is 2.90 bits per heavy atom. The maximum atomic E-state index is 12.5. The zero-order valence-corrected chi connectivity index (χ0v) is 18.4. The van der Waals surface area contributed by atoms with E-state index < -0.39 is 12.0 Å². The molecular formula is C20H21Cl2N3O3S. The summed E-state index contributed by atoms with van der Waals surface area (Å²) < 4.78 is 5.20. The number of hydrogen-bond donors (Lipinski definition) is 2. The Morgan fingerprint density at radius 1 is 1.38 bits per heavy atom. The molecule has 1 aliphatic carbocycles. The summed E-state index contributed by atoms with van der Waals surface area (Å²) in [5.74, 6) is 0.137. The van der Waals surface area contributed by atoms with Crippen LogP contribution in [-0.2, 0) is 17.6 Å². The van der Waals surface area contributed by atoms with Gasteiger partial charge in [0.2, 0.25) is 0 Å². The molecule has 0 saturated carbocycles. The van der Waals surface area contributed by atoms with Gasteiger partial charge in [-0.1, -0.05) is 36.2 Å². The van der Waals surface area contributed by atoms with E-state index in [9.17, 15) is 9.59 Å². The first-order valence-corrected chi connectivity index (χ1v) is 10.8. The summed E-state index contributed by atoms with van der Waals surface area (Å²) in [5.41, 5.74) is 4.45. The molecule has 6 nitrogen and oxygen atoms in total. The van der Waals surface area contributed by atoms with Gasteiger partial charge in [-0.2, -0.15) is 5.10 Å². The summed E-state index contributed by atoms with van der Waals surface area (Å²) in [6, 6.07) is 4.41. The summed E-state index contributed by atoms with van der Waals surface area (Å²) >= 11 is 13.4. The Morgan fingerprint density at radius 2 is 2.17 bits per heavy atom. The van der Waals surface area contributed by atoms with Crippen molar-refractivity contribution in [1.82, 2.24) is 5.43 Å². The van der Waals surface area contributed by atoms with Crippen molar-refractivity contribution in [1.29, 1.82) is 0 Å². The van der Waals surface area contributed by atoms with E-state index in [-0.39, 0.29) is 6.61 Å². The first kappa shape index (κ1) is 21.6. The molecule has 1 heterocycles. The summed E-state index contributed by atoms with van der Waals surface area (Å²) in [4.78, 5) is 25.9. The van der Waals surface area contributed by atoms with Crippen LogP contribution < -0.4 is 10.7 Å². The number of carbonyl (C=O) groups is 2. The molecule has 1 atom stereocenters. The summed E-state index contributed by atoms with van der Waals surface area (Å²) in [5, 5.41) is 8.06. The van der Waals surface area contributed by atoms with Gasteiger partial charge in [0.1, 0.15) is 5.00 Å². The van der Waals surface area contributed by atoms with Crippen LogP contribution in [0.3, 0.4) is 0 Å². The number of thiophene rings is 1. The minimum atomic E-state index is -0.552. The third-order valence-electron chi connectivity index (χ3n) is 4.55. The number of benzene rings is 1. The van der Waals surface area contributed by atoms with Crippen LogP contribution in [0, 0.1) is 5.92 Å². The monoisotopic (exact) mass is 453 g/mol. The highest BCUT2D eigenvalue weighted by Gasteiger charge is 2.29. The third-order valence-corrected chi connectivity index (χ3v) is 6.28. The van der Waals surface area contributed by atoms with Crippen LogP contribution >= 0.6 is 34.5 Å². The van der Waals surface area contributed by atoms with Crippen molar-refractivity contribution in [2.45, 2.75) is 33.1 Å². The number of amides is 2. The van der Waals surface area contributed by atoms with Crippen LogP contribution in [0.5, 0.6) is 0 Å². The lowest BCUT2D eigenvalue weighted by Crippen LogP contribution is -2.25. The fourth-order valence-corrected chi connectivity index (χ4v) is 5.01. The van der Waals surface area contributed by atoms with Gasteiger partial charge in [0.25, 0.3) is 0 Å². The predicted molar refractivity (Wildman–Crippen MR) is 118 cm³/mol.